The lowest BCUT2D eigenvalue weighted by Gasteiger charge is -2.13. The first-order valence-corrected chi connectivity index (χ1v) is 9.58. The first kappa shape index (κ1) is 20.8. The summed E-state index contributed by atoms with van der Waals surface area (Å²) in [6, 6.07) is 4.21. The summed E-state index contributed by atoms with van der Waals surface area (Å²) in [4.78, 5) is 12.4. The number of amides is 1. The van der Waals surface area contributed by atoms with Gasteiger partial charge in [0.25, 0.3) is 0 Å². The van der Waals surface area contributed by atoms with Crippen molar-refractivity contribution in [1.29, 1.82) is 0 Å². The highest BCUT2D eigenvalue weighted by Crippen LogP contribution is 2.52. The van der Waals surface area contributed by atoms with E-state index in [-0.39, 0.29) is 36.3 Å². The molecule has 26 heavy (non-hydrogen) atoms. The molecule has 3 atom stereocenters. The van der Waals surface area contributed by atoms with Crippen molar-refractivity contribution < 1.29 is 14.3 Å². The normalized spacial score (nSPS) is 22.8. The smallest absolute Gasteiger partial charge is 0.223 e. The molecule has 5 nitrogen and oxygen atoms in total. The highest BCUT2D eigenvalue weighted by molar-refractivity contribution is 5.85. The van der Waals surface area contributed by atoms with Crippen LogP contribution in [0, 0.1) is 5.92 Å². The Balaban J connectivity index is 0.00000243. The number of carbonyl (C=O) groups is 1. The lowest BCUT2D eigenvalue weighted by atomic mass is 10.0. The van der Waals surface area contributed by atoms with E-state index in [1.807, 2.05) is 6.92 Å². The van der Waals surface area contributed by atoms with Crippen molar-refractivity contribution in [2.45, 2.75) is 52.1 Å². The van der Waals surface area contributed by atoms with Gasteiger partial charge in [0.1, 0.15) is 17.6 Å². The van der Waals surface area contributed by atoms with Gasteiger partial charge in [0.05, 0.1) is 6.61 Å². The summed E-state index contributed by atoms with van der Waals surface area (Å²) in [5.41, 5.74) is 2.34. The van der Waals surface area contributed by atoms with E-state index in [1.54, 1.807) is 0 Å². The molecule has 0 bridgehead atoms. The Bertz CT molecular complexity index is 623. The topological polar surface area (TPSA) is 59.6 Å². The molecule has 3 rings (SSSR count). The van der Waals surface area contributed by atoms with Crippen LogP contribution >= 0.6 is 12.4 Å². The maximum Gasteiger partial charge on any atom is 0.223 e. The molecular formula is C20H31ClN2O3. The molecule has 0 saturated heterocycles. The summed E-state index contributed by atoms with van der Waals surface area (Å²) in [5, 5.41) is 6.34. The molecule has 1 saturated carbocycles. The number of halogens is 1. The van der Waals surface area contributed by atoms with Crippen LogP contribution in [0.3, 0.4) is 0 Å². The molecule has 1 aromatic carbocycles. The van der Waals surface area contributed by atoms with Gasteiger partial charge in [-0.25, -0.2) is 0 Å². The van der Waals surface area contributed by atoms with Crippen LogP contribution in [0.2, 0.25) is 0 Å². The highest BCUT2D eigenvalue weighted by Gasteiger charge is 2.45. The zero-order chi connectivity index (χ0) is 17.8. The van der Waals surface area contributed by atoms with Crippen molar-refractivity contribution in [3.8, 4) is 11.5 Å². The van der Waals surface area contributed by atoms with Gasteiger partial charge < -0.3 is 20.1 Å². The third-order valence-corrected chi connectivity index (χ3v) is 4.88. The van der Waals surface area contributed by atoms with Crippen LogP contribution < -0.4 is 20.1 Å². The van der Waals surface area contributed by atoms with E-state index >= 15 is 0 Å². The third-order valence-electron chi connectivity index (χ3n) is 4.88. The van der Waals surface area contributed by atoms with E-state index < -0.39 is 0 Å². The second kappa shape index (κ2) is 9.47. The average Bonchev–Trinajstić information content (AvgIpc) is 3.29. The number of benzene rings is 1. The van der Waals surface area contributed by atoms with Crippen LogP contribution in [-0.4, -0.2) is 38.3 Å². The fourth-order valence-corrected chi connectivity index (χ4v) is 3.56. The van der Waals surface area contributed by atoms with Crippen LogP contribution in [0.4, 0.5) is 0 Å². The zero-order valence-corrected chi connectivity index (χ0v) is 16.8. The van der Waals surface area contributed by atoms with Crippen molar-refractivity contribution in [2.24, 2.45) is 5.92 Å². The van der Waals surface area contributed by atoms with Crippen LogP contribution in [0.5, 0.6) is 11.5 Å². The maximum absolute atomic E-state index is 12.4. The number of rotatable bonds is 9. The SMILES string of the molecule is CCCNCCNC(=O)C1CC1c1cc2c(cc1OCC)CC(C)O2.Cl. The van der Waals surface area contributed by atoms with E-state index in [9.17, 15) is 4.79 Å². The summed E-state index contributed by atoms with van der Waals surface area (Å²) in [7, 11) is 0. The van der Waals surface area contributed by atoms with E-state index in [4.69, 9.17) is 9.47 Å². The van der Waals surface area contributed by atoms with Gasteiger partial charge in [0.15, 0.2) is 0 Å². The molecule has 1 aliphatic carbocycles. The van der Waals surface area contributed by atoms with E-state index in [0.717, 1.165) is 49.4 Å². The Morgan fingerprint density at radius 1 is 1.27 bits per heavy atom. The number of hydrogen-bond acceptors (Lipinski definition) is 4. The molecule has 1 aliphatic heterocycles. The van der Waals surface area contributed by atoms with Gasteiger partial charge in [0, 0.05) is 42.5 Å². The maximum atomic E-state index is 12.4. The molecule has 1 aromatic rings. The van der Waals surface area contributed by atoms with E-state index in [2.05, 4.69) is 36.6 Å². The highest BCUT2D eigenvalue weighted by atomic mass is 35.5. The predicted octanol–water partition coefficient (Wildman–Crippen LogP) is 3.05. The summed E-state index contributed by atoms with van der Waals surface area (Å²) in [6.45, 7) is 9.35. The summed E-state index contributed by atoms with van der Waals surface area (Å²) in [5.74, 6) is 2.34. The number of nitrogens with one attached hydrogen (secondary N) is 2. The quantitative estimate of drug-likeness (QED) is 0.644. The number of fused-ring (bicyclic) bond motifs is 1. The van der Waals surface area contributed by atoms with Gasteiger partial charge in [-0.3, -0.25) is 4.79 Å². The molecule has 0 radical (unpaired) electrons. The molecule has 1 heterocycles. The second-order valence-electron chi connectivity index (χ2n) is 7.05. The largest absolute Gasteiger partial charge is 0.494 e. The lowest BCUT2D eigenvalue weighted by molar-refractivity contribution is -0.122. The fourth-order valence-electron chi connectivity index (χ4n) is 3.56. The molecule has 146 valence electrons. The minimum Gasteiger partial charge on any atom is -0.494 e. The van der Waals surface area contributed by atoms with Crippen molar-refractivity contribution in [1.82, 2.24) is 10.6 Å². The fraction of sp³-hybridized carbons (Fsp3) is 0.650. The molecular weight excluding hydrogens is 352 g/mol. The molecule has 0 aromatic heterocycles. The van der Waals surface area contributed by atoms with Crippen LogP contribution in [0.25, 0.3) is 0 Å². The monoisotopic (exact) mass is 382 g/mol. The zero-order valence-electron chi connectivity index (χ0n) is 16.0. The molecule has 6 heteroatoms. The Kier molecular flexibility index (Phi) is 7.59. The Morgan fingerprint density at radius 2 is 2.08 bits per heavy atom. The Morgan fingerprint density at radius 3 is 2.81 bits per heavy atom. The standard InChI is InChI=1S/C20H30N2O3.ClH/c1-4-6-21-7-8-22-20(23)17-11-15(17)16-12-18-14(9-13(3)25-18)10-19(16)24-5-2;/h10,12-13,15,17,21H,4-9,11H2,1-3H3,(H,22,23);1H. The minimum absolute atomic E-state index is 0. The third kappa shape index (κ3) is 4.83. The van der Waals surface area contributed by atoms with Crippen LogP contribution in [0.1, 0.15) is 50.7 Å². The number of hydrogen-bond donors (Lipinski definition) is 2. The van der Waals surface area contributed by atoms with Crippen molar-refractivity contribution in [3.05, 3.63) is 23.3 Å². The molecule has 0 spiro atoms. The van der Waals surface area contributed by atoms with Crippen LogP contribution in [-0.2, 0) is 11.2 Å². The summed E-state index contributed by atoms with van der Waals surface area (Å²) in [6.07, 6.45) is 3.14. The van der Waals surface area contributed by atoms with Crippen molar-refractivity contribution in [2.75, 3.05) is 26.2 Å². The lowest BCUT2D eigenvalue weighted by Crippen LogP contribution is -2.33. The van der Waals surface area contributed by atoms with Gasteiger partial charge in [-0.1, -0.05) is 6.92 Å². The van der Waals surface area contributed by atoms with Crippen LogP contribution in [0.15, 0.2) is 12.1 Å². The van der Waals surface area contributed by atoms with Gasteiger partial charge in [0.2, 0.25) is 5.91 Å². The molecule has 2 aliphatic rings. The summed E-state index contributed by atoms with van der Waals surface area (Å²) >= 11 is 0. The van der Waals surface area contributed by atoms with Gasteiger partial charge in [-0.15, -0.1) is 12.4 Å². The van der Waals surface area contributed by atoms with Gasteiger partial charge in [-0.2, -0.15) is 0 Å². The van der Waals surface area contributed by atoms with Gasteiger partial charge in [-0.05, 0) is 45.4 Å². The number of ether oxygens (including phenoxy) is 2. The first-order valence-electron chi connectivity index (χ1n) is 9.58. The number of carbonyl (C=O) groups excluding carboxylic acids is 1. The molecule has 1 fully saturated rings. The van der Waals surface area contributed by atoms with E-state index in [0.29, 0.717) is 13.2 Å². The minimum atomic E-state index is 0. The van der Waals surface area contributed by atoms with Crippen molar-refractivity contribution in [3.63, 3.8) is 0 Å². The predicted molar refractivity (Wildman–Crippen MR) is 106 cm³/mol. The van der Waals surface area contributed by atoms with Crippen molar-refractivity contribution >= 4 is 18.3 Å². The average molecular weight is 383 g/mol. The molecule has 1 amide bonds. The van der Waals surface area contributed by atoms with Gasteiger partial charge >= 0.3 is 0 Å². The first-order chi connectivity index (χ1) is 12.1. The Labute approximate surface area is 162 Å². The van der Waals surface area contributed by atoms with E-state index in [1.165, 1.54) is 5.56 Å². The second-order valence-corrected chi connectivity index (χ2v) is 7.05. The summed E-state index contributed by atoms with van der Waals surface area (Å²) < 4.78 is 11.7. The molecule has 3 unspecified atom stereocenters. The Hall–Kier alpha value is -1.46. The molecule has 2 N–H and O–H groups in total.